The zero-order valence-electron chi connectivity index (χ0n) is 9.86. The number of rotatable bonds is 8. The van der Waals surface area contributed by atoms with Gasteiger partial charge >= 0.3 is 5.97 Å². The molecule has 0 heterocycles. The molecule has 0 atom stereocenters. The summed E-state index contributed by atoms with van der Waals surface area (Å²) in [5.74, 6) is -0.190. The summed E-state index contributed by atoms with van der Waals surface area (Å²) in [5.41, 5.74) is 0. The second-order valence-electron chi connectivity index (χ2n) is 3.96. The van der Waals surface area contributed by atoms with Crippen LogP contribution in [0.25, 0.3) is 0 Å². The van der Waals surface area contributed by atoms with Crippen LogP contribution in [0, 0.1) is 0 Å². The maximum atomic E-state index is 11.2. The van der Waals surface area contributed by atoms with Gasteiger partial charge in [-0.1, -0.05) is 0 Å². The molecule has 0 aliphatic heterocycles. The molecule has 0 saturated carbocycles. The molecule has 90 valence electrons. The SMILES string of the molecule is CCOC(=O)C[N+](C)(C)CCOCCO. The van der Waals surface area contributed by atoms with E-state index in [1.807, 2.05) is 14.1 Å². The van der Waals surface area contributed by atoms with Crippen LogP contribution in [0.1, 0.15) is 6.92 Å². The maximum absolute atomic E-state index is 11.2. The highest BCUT2D eigenvalue weighted by Gasteiger charge is 2.20. The molecule has 1 N–H and O–H groups in total. The molecule has 0 saturated heterocycles. The molecule has 0 amide bonds. The molecular weight excluding hydrogens is 198 g/mol. The Bertz CT molecular complexity index is 182. The standard InChI is InChI=1S/C10H22NO4/c1-4-15-10(13)9-11(2,3)5-7-14-8-6-12/h12H,4-9H2,1-3H3/q+1. The molecule has 5 nitrogen and oxygen atoms in total. The monoisotopic (exact) mass is 220 g/mol. The Hall–Kier alpha value is -0.650. The van der Waals surface area contributed by atoms with Crippen LogP contribution in [0.2, 0.25) is 0 Å². The van der Waals surface area contributed by atoms with Gasteiger partial charge in [-0.3, -0.25) is 0 Å². The van der Waals surface area contributed by atoms with Crippen LogP contribution in [0.5, 0.6) is 0 Å². The number of hydrogen-bond donors (Lipinski definition) is 1. The third-order valence-corrected chi connectivity index (χ3v) is 1.94. The summed E-state index contributed by atoms with van der Waals surface area (Å²) in [6, 6.07) is 0. The van der Waals surface area contributed by atoms with Crippen molar-refractivity contribution in [3.8, 4) is 0 Å². The van der Waals surface area contributed by atoms with Crippen LogP contribution in [0.3, 0.4) is 0 Å². The van der Waals surface area contributed by atoms with E-state index in [0.29, 0.717) is 30.8 Å². The molecule has 0 rings (SSSR count). The molecule has 0 aromatic carbocycles. The lowest BCUT2D eigenvalue weighted by atomic mass is 10.4. The number of aliphatic hydroxyl groups excluding tert-OH is 1. The van der Waals surface area contributed by atoms with Crippen molar-refractivity contribution in [1.29, 1.82) is 0 Å². The lowest BCUT2D eigenvalue weighted by molar-refractivity contribution is -0.883. The number of quaternary nitrogens is 1. The third kappa shape index (κ3) is 8.35. The van der Waals surface area contributed by atoms with Gasteiger partial charge in [0, 0.05) is 0 Å². The van der Waals surface area contributed by atoms with Gasteiger partial charge in [-0.25, -0.2) is 4.79 Å². The van der Waals surface area contributed by atoms with Crippen molar-refractivity contribution in [2.75, 3.05) is 53.6 Å². The Labute approximate surface area is 91.2 Å². The minimum absolute atomic E-state index is 0.0330. The summed E-state index contributed by atoms with van der Waals surface area (Å²) in [6.45, 7) is 4.19. The molecule has 0 aromatic heterocycles. The smallest absolute Gasteiger partial charge is 0.361 e. The molecular formula is C10H22NO4+. The van der Waals surface area contributed by atoms with Crippen molar-refractivity contribution in [3.63, 3.8) is 0 Å². The van der Waals surface area contributed by atoms with Crippen LogP contribution >= 0.6 is 0 Å². The van der Waals surface area contributed by atoms with Gasteiger partial charge < -0.3 is 19.1 Å². The van der Waals surface area contributed by atoms with Crippen LogP contribution in [-0.4, -0.2) is 69.2 Å². The number of aliphatic hydroxyl groups is 1. The largest absolute Gasteiger partial charge is 0.462 e. The van der Waals surface area contributed by atoms with Crippen molar-refractivity contribution in [3.05, 3.63) is 0 Å². The molecule has 5 heteroatoms. The highest BCUT2D eigenvalue weighted by atomic mass is 16.5. The third-order valence-electron chi connectivity index (χ3n) is 1.94. The zero-order valence-corrected chi connectivity index (χ0v) is 9.86. The quantitative estimate of drug-likeness (QED) is 0.345. The van der Waals surface area contributed by atoms with Crippen LogP contribution in [0.15, 0.2) is 0 Å². The summed E-state index contributed by atoms with van der Waals surface area (Å²) < 4.78 is 10.5. The number of nitrogens with zero attached hydrogens (tertiary/aromatic N) is 1. The normalized spacial score (nSPS) is 11.5. The number of esters is 1. The Morgan fingerprint density at radius 3 is 2.53 bits per heavy atom. The van der Waals surface area contributed by atoms with Gasteiger partial charge in [-0.15, -0.1) is 0 Å². The van der Waals surface area contributed by atoms with Crippen molar-refractivity contribution in [1.82, 2.24) is 0 Å². The average molecular weight is 220 g/mol. The second kappa shape index (κ2) is 7.62. The lowest BCUT2D eigenvalue weighted by Crippen LogP contribution is -2.46. The van der Waals surface area contributed by atoms with Gasteiger partial charge in [0.2, 0.25) is 0 Å². The summed E-state index contributed by atoms with van der Waals surface area (Å²) in [6.07, 6.45) is 0. The first kappa shape index (κ1) is 14.3. The predicted molar refractivity (Wildman–Crippen MR) is 56.4 cm³/mol. The van der Waals surface area contributed by atoms with E-state index in [0.717, 1.165) is 6.54 Å². The van der Waals surface area contributed by atoms with Crippen molar-refractivity contribution < 1.29 is 23.9 Å². The van der Waals surface area contributed by atoms with E-state index in [1.165, 1.54) is 0 Å². The van der Waals surface area contributed by atoms with Crippen molar-refractivity contribution in [2.24, 2.45) is 0 Å². The molecule has 0 aliphatic rings. The molecule has 0 unspecified atom stereocenters. The fraction of sp³-hybridized carbons (Fsp3) is 0.900. The average Bonchev–Trinajstić information content (AvgIpc) is 2.12. The van der Waals surface area contributed by atoms with Gasteiger partial charge in [-0.2, -0.15) is 0 Å². The van der Waals surface area contributed by atoms with Gasteiger partial charge in [0.25, 0.3) is 0 Å². The highest BCUT2D eigenvalue weighted by Crippen LogP contribution is 1.97. The molecule has 0 bridgehead atoms. The second-order valence-corrected chi connectivity index (χ2v) is 3.96. The number of likely N-dealkylation sites (N-methyl/N-ethyl adjacent to an activating group) is 1. The predicted octanol–water partition coefficient (Wildman–Crippen LogP) is -0.365. The van der Waals surface area contributed by atoms with Crippen LogP contribution in [0.4, 0.5) is 0 Å². The van der Waals surface area contributed by atoms with Gasteiger partial charge in [0.1, 0.15) is 6.54 Å². The minimum atomic E-state index is -0.190. The summed E-state index contributed by atoms with van der Waals surface area (Å²) >= 11 is 0. The number of ether oxygens (including phenoxy) is 2. The summed E-state index contributed by atoms with van der Waals surface area (Å²) in [7, 11) is 3.89. The Morgan fingerprint density at radius 1 is 1.33 bits per heavy atom. The minimum Gasteiger partial charge on any atom is -0.462 e. The van der Waals surface area contributed by atoms with Gasteiger partial charge in [0.15, 0.2) is 6.54 Å². The Balaban J connectivity index is 3.70. The van der Waals surface area contributed by atoms with Crippen LogP contribution in [-0.2, 0) is 14.3 Å². The number of carbonyl (C=O) groups excluding carboxylic acids is 1. The molecule has 0 radical (unpaired) electrons. The molecule has 0 aromatic rings. The van der Waals surface area contributed by atoms with E-state index < -0.39 is 0 Å². The van der Waals surface area contributed by atoms with Crippen LogP contribution < -0.4 is 0 Å². The van der Waals surface area contributed by atoms with Gasteiger partial charge in [0.05, 0.1) is 40.5 Å². The summed E-state index contributed by atoms with van der Waals surface area (Å²) in [4.78, 5) is 11.2. The molecule has 0 spiro atoms. The molecule has 0 aliphatic carbocycles. The van der Waals surface area contributed by atoms with Gasteiger partial charge in [-0.05, 0) is 6.92 Å². The first-order chi connectivity index (χ1) is 7.02. The van der Waals surface area contributed by atoms with E-state index >= 15 is 0 Å². The van der Waals surface area contributed by atoms with E-state index in [-0.39, 0.29) is 12.6 Å². The van der Waals surface area contributed by atoms with E-state index in [4.69, 9.17) is 14.6 Å². The zero-order chi connectivity index (χ0) is 11.7. The van der Waals surface area contributed by atoms with E-state index in [1.54, 1.807) is 6.92 Å². The Kier molecular flexibility index (Phi) is 7.29. The van der Waals surface area contributed by atoms with Crippen molar-refractivity contribution in [2.45, 2.75) is 6.92 Å². The molecule has 15 heavy (non-hydrogen) atoms. The molecule has 0 fully saturated rings. The first-order valence-corrected chi connectivity index (χ1v) is 5.18. The maximum Gasteiger partial charge on any atom is 0.361 e. The number of carbonyl (C=O) groups is 1. The fourth-order valence-corrected chi connectivity index (χ4v) is 1.11. The van der Waals surface area contributed by atoms with Crippen molar-refractivity contribution >= 4 is 5.97 Å². The topological polar surface area (TPSA) is 55.8 Å². The number of hydrogen-bond acceptors (Lipinski definition) is 4. The van der Waals surface area contributed by atoms with E-state index in [9.17, 15) is 4.79 Å². The first-order valence-electron chi connectivity index (χ1n) is 5.18. The lowest BCUT2D eigenvalue weighted by Gasteiger charge is -2.28. The highest BCUT2D eigenvalue weighted by molar-refractivity contribution is 5.70. The van der Waals surface area contributed by atoms with E-state index in [2.05, 4.69) is 0 Å². The summed E-state index contributed by atoms with van der Waals surface area (Å²) in [5, 5.41) is 8.51. The Morgan fingerprint density at radius 2 is 2.00 bits per heavy atom. The fourth-order valence-electron chi connectivity index (χ4n) is 1.11.